The first-order valence-corrected chi connectivity index (χ1v) is 8.72. The Labute approximate surface area is 159 Å². The van der Waals surface area contributed by atoms with Crippen molar-refractivity contribution in [3.05, 3.63) is 59.2 Å². The Morgan fingerprint density at radius 2 is 1.93 bits per heavy atom. The summed E-state index contributed by atoms with van der Waals surface area (Å²) >= 11 is 0. The monoisotopic (exact) mass is 393 g/mol. The molecule has 0 spiro atoms. The van der Waals surface area contributed by atoms with Crippen LogP contribution in [-0.4, -0.2) is 34.0 Å². The largest absolute Gasteiger partial charge is 0.573 e. The molecule has 0 bridgehead atoms. The zero-order valence-corrected chi connectivity index (χ0v) is 15.2. The molecule has 0 saturated carbocycles. The number of carbonyl (C=O) groups excluding carboxylic acids is 1. The van der Waals surface area contributed by atoms with Gasteiger partial charge in [0.15, 0.2) is 0 Å². The van der Waals surface area contributed by atoms with Crippen molar-refractivity contribution in [1.82, 2.24) is 4.90 Å². The quantitative estimate of drug-likeness (QED) is 0.843. The van der Waals surface area contributed by atoms with Crippen molar-refractivity contribution in [2.24, 2.45) is 0 Å². The second-order valence-corrected chi connectivity index (χ2v) is 7.43. The first-order valence-electron chi connectivity index (χ1n) is 8.72. The molecule has 8 heteroatoms. The molecule has 28 heavy (non-hydrogen) atoms. The van der Waals surface area contributed by atoms with Gasteiger partial charge >= 0.3 is 6.36 Å². The minimum absolute atomic E-state index is 0.247. The van der Waals surface area contributed by atoms with Crippen LogP contribution >= 0.6 is 0 Å². The number of nitrogens with zero attached hydrogens (tertiary/aromatic N) is 1. The highest BCUT2D eigenvalue weighted by Gasteiger charge is 2.48. The first kappa shape index (κ1) is 18.6. The molecule has 2 unspecified atom stereocenters. The van der Waals surface area contributed by atoms with Crippen LogP contribution in [0, 0.1) is 0 Å². The molecule has 0 fully saturated rings. The maximum absolute atomic E-state index is 12.9. The van der Waals surface area contributed by atoms with Gasteiger partial charge in [-0.3, -0.25) is 4.79 Å². The van der Waals surface area contributed by atoms with Gasteiger partial charge in [0.25, 0.3) is 5.91 Å². The summed E-state index contributed by atoms with van der Waals surface area (Å²) in [6.07, 6.45) is -6.00. The van der Waals surface area contributed by atoms with E-state index in [0.717, 1.165) is 11.6 Å². The van der Waals surface area contributed by atoms with Gasteiger partial charge in [-0.25, -0.2) is 0 Å². The van der Waals surface area contributed by atoms with Crippen molar-refractivity contribution in [3.63, 3.8) is 0 Å². The topological polar surface area (TPSA) is 59.0 Å². The third-order valence-electron chi connectivity index (χ3n) is 5.10. The maximum atomic E-state index is 12.9. The number of amides is 1. The van der Waals surface area contributed by atoms with Crippen LogP contribution < -0.4 is 9.47 Å². The standard InChI is InChI=1S/C20H18F3NO4/c1-19(2)17(25)16(24-10-11-5-3-4-6-13(11)18(24)26)14-9-12(27-20(21,22)23)7-8-15(14)28-19/h3-9,16-17,25H,10H2,1-2H3. The molecule has 1 N–H and O–H groups in total. The molecule has 0 saturated heterocycles. The van der Waals surface area contributed by atoms with E-state index < -0.39 is 29.9 Å². The van der Waals surface area contributed by atoms with Crippen molar-refractivity contribution < 1.29 is 32.5 Å². The van der Waals surface area contributed by atoms with E-state index in [1.54, 1.807) is 26.0 Å². The molecular weight excluding hydrogens is 375 g/mol. The zero-order valence-electron chi connectivity index (χ0n) is 15.2. The van der Waals surface area contributed by atoms with Gasteiger partial charge in [0.05, 0.1) is 6.04 Å². The molecule has 2 aromatic carbocycles. The Morgan fingerprint density at radius 1 is 1.21 bits per heavy atom. The molecule has 5 nitrogen and oxygen atoms in total. The first-order chi connectivity index (χ1) is 13.1. The van der Waals surface area contributed by atoms with E-state index in [-0.39, 0.29) is 18.0 Å². The SMILES string of the molecule is CC1(C)Oc2ccc(OC(F)(F)F)cc2C(N2Cc3ccccc3C2=O)C1O. The van der Waals surface area contributed by atoms with Gasteiger partial charge in [-0.1, -0.05) is 18.2 Å². The summed E-state index contributed by atoms with van der Waals surface area (Å²) in [5.41, 5.74) is 0.547. The van der Waals surface area contributed by atoms with Gasteiger partial charge in [-0.15, -0.1) is 13.2 Å². The number of aliphatic hydroxyl groups excluding tert-OH is 1. The molecule has 2 heterocycles. The third kappa shape index (κ3) is 3.07. The van der Waals surface area contributed by atoms with E-state index in [1.165, 1.54) is 17.0 Å². The van der Waals surface area contributed by atoms with Crippen molar-refractivity contribution in [1.29, 1.82) is 0 Å². The lowest BCUT2D eigenvalue weighted by Gasteiger charge is -2.45. The number of fused-ring (bicyclic) bond motifs is 2. The van der Waals surface area contributed by atoms with Crippen molar-refractivity contribution >= 4 is 5.91 Å². The molecule has 1 amide bonds. The minimum atomic E-state index is -4.85. The van der Waals surface area contributed by atoms with Crippen molar-refractivity contribution in [2.75, 3.05) is 0 Å². The van der Waals surface area contributed by atoms with Crippen LogP contribution in [0.5, 0.6) is 11.5 Å². The summed E-state index contributed by atoms with van der Waals surface area (Å²) in [5.74, 6) is -0.417. The fraction of sp³-hybridized carbons (Fsp3) is 0.350. The highest BCUT2D eigenvalue weighted by Crippen LogP contribution is 2.46. The summed E-state index contributed by atoms with van der Waals surface area (Å²) < 4.78 is 47.7. The second kappa shape index (κ2) is 6.13. The van der Waals surface area contributed by atoms with Crippen molar-refractivity contribution in [2.45, 2.75) is 44.5 Å². The van der Waals surface area contributed by atoms with E-state index in [9.17, 15) is 23.1 Å². The average Bonchev–Trinajstić information content (AvgIpc) is 2.92. The van der Waals surface area contributed by atoms with Gasteiger partial charge in [0.2, 0.25) is 0 Å². The number of hydrogen-bond donors (Lipinski definition) is 1. The number of benzene rings is 2. The Morgan fingerprint density at radius 3 is 2.61 bits per heavy atom. The Kier molecular flexibility index (Phi) is 4.08. The third-order valence-corrected chi connectivity index (χ3v) is 5.10. The van der Waals surface area contributed by atoms with E-state index in [2.05, 4.69) is 4.74 Å². The zero-order chi connectivity index (χ0) is 20.3. The molecule has 2 atom stereocenters. The molecule has 2 aliphatic heterocycles. The highest BCUT2D eigenvalue weighted by atomic mass is 19.4. The van der Waals surface area contributed by atoms with Gasteiger partial charge < -0.3 is 19.5 Å². The fourth-order valence-electron chi connectivity index (χ4n) is 3.78. The van der Waals surface area contributed by atoms with Gasteiger partial charge in [0, 0.05) is 17.7 Å². The predicted octanol–water partition coefficient (Wildman–Crippen LogP) is 3.81. The highest BCUT2D eigenvalue weighted by molar-refractivity contribution is 5.98. The summed E-state index contributed by atoms with van der Waals surface area (Å²) in [4.78, 5) is 14.4. The van der Waals surface area contributed by atoms with E-state index in [1.807, 2.05) is 12.1 Å². The van der Waals surface area contributed by atoms with Crippen LogP contribution in [0.3, 0.4) is 0 Å². The van der Waals surface area contributed by atoms with Crippen LogP contribution in [0.15, 0.2) is 42.5 Å². The molecule has 0 radical (unpaired) electrons. The summed E-state index contributed by atoms with van der Waals surface area (Å²) in [7, 11) is 0. The number of rotatable bonds is 2. The van der Waals surface area contributed by atoms with E-state index in [0.29, 0.717) is 11.3 Å². The molecule has 4 rings (SSSR count). The van der Waals surface area contributed by atoms with Crippen LogP contribution in [0.4, 0.5) is 13.2 Å². The lowest BCUT2D eigenvalue weighted by atomic mass is 9.85. The fourth-order valence-corrected chi connectivity index (χ4v) is 3.78. The van der Waals surface area contributed by atoms with Crippen LogP contribution in [0.25, 0.3) is 0 Å². The molecule has 0 aliphatic carbocycles. The molecular formula is C20H18F3NO4. The number of alkyl halides is 3. The maximum Gasteiger partial charge on any atom is 0.573 e. The van der Waals surface area contributed by atoms with Gasteiger partial charge in [0.1, 0.15) is 23.2 Å². The number of ether oxygens (including phenoxy) is 2. The number of hydrogen-bond acceptors (Lipinski definition) is 4. The Balaban J connectivity index is 1.79. The van der Waals surface area contributed by atoms with E-state index >= 15 is 0 Å². The van der Waals surface area contributed by atoms with E-state index in [4.69, 9.17) is 4.74 Å². The lowest BCUT2D eigenvalue weighted by molar-refractivity contribution is -0.274. The van der Waals surface area contributed by atoms with Crippen LogP contribution in [-0.2, 0) is 6.54 Å². The molecule has 2 aliphatic rings. The summed E-state index contributed by atoms with van der Waals surface area (Å²) in [6.45, 7) is 3.58. The minimum Gasteiger partial charge on any atom is -0.485 e. The number of aliphatic hydroxyl groups is 1. The van der Waals surface area contributed by atoms with Crippen LogP contribution in [0.1, 0.15) is 41.4 Å². The van der Waals surface area contributed by atoms with Gasteiger partial charge in [-0.05, 0) is 43.7 Å². The summed E-state index contributed by atoms with van der Waals surface area (Å²) in [5, 5.41) is 10.9. The average molecular weight is 393 g/mol. The summed E-state index contributed by atoms with van der Waals surface area (Å²) in [6, 6.07) is 9.87. The Bertz CT molecular complexity index is 941. The second-order valence-electron chi connectivity index (χ2n) is 7.43. The lowest BCUT2D eigenvalue weighted by Crippen LogP contribution is -2.53. The number of halogens is 3. The normalized spacial score (nSPS) is 23.1. The molecule has 148 valence electrons. The predicted molar refractivity (Wildman–Crippen MR) is 92.9 cm³/mol. The Hall–Kier alpha value is -2.74. The molecule has 0 aromatic heterocycles. The van der Waals surface area contributed by atoms with Crippen LogP contribution in [0.2, 0.25) is 0 Å². The smallest absolute Gasteiger partial charge is 0.485 e. The van der Waals surface area contributed by atoms with Gasteiger partial charge in [-0.2, -0.15) is 0 Å². The molecule has 2 aromatic rings. The van der Waals surface area contributed by atoms with Crippen molar-refractivity contribution in [3.8, 4) is 11.5 Å². The number of carbonyl (C=O) groups is 1.